The number of aryl methyl sites for hydroxylation is 1. The van der Waals surface area contributed by atoms with Gasteiger partial charge in [0.1, 0.15) is 11.9 Å². The van der Waals surface area contributed by atoms with Crippen molar-refractivity contribution in [2.24, 2.45) is 5.92 Å². The molecule has 1 aliphatic carbocycles. The van der Waals surface area contributed by atoms with Gasteiger partial charge in [-0.2, -0.15) is 8.78 Å². The molecule has 0 aromatic heterocycles. The van der Waals surface area contributed by atoms with Crippen LogP contribution in [0.4, 0.5) is 29.3 Å². The molecule has 3 fully saturated rings. The van der Waals surface area contributed by atoms with Crippen LogP contribution in [0.5, 0.6) is 0 Å². The van der Waals surface area contributed by atoms with Crippen molar-refractivity contribution in [1.82, 2.24) is 10.4 Å². The minimum atomic E-state index is -3.16. The second-order valence-corrected chi connectivity index (χ2v) is 8.72. The predicted octanol–water partition coefficient (Wildman–Crippen LogP) is 2.22. The molecule has 2 aliphatic heterocycles. The molecule has 3 amide bonds. The normalized spacial score (nSPS) is 21.0. The Hall–Kier alpha value is -3.02. The van der Waals surface area contributed by atoms with Gasteiger partial charge in [0, 0.05) is 25.6 Å². The summed E-state index contributed by atoms with van der Waals surface area (Å²) in [6.07, 6.45) is -2.14. The Balaban J connectivity index is 1.40. The van der Waals surface area contributed by atoms with Crippen LogP contribution in [-0.4, -0.2) is 74.8 Å². The van der Waals surface area contributed by atoms with E-state index in [1.54, 1.807) is 17.9 Å². The number of hydrogen-bond donors (Lipinski definition) is 1. The summed E-state index contributed by atoms with van der Waals surface area (Å²) in [4.78, 5) is 44.3. The number of alkyl halides is 2. The van der Waals surface area contributed by atoms with Gasteiger partial charge < -0.3 is 15.0 Å². The van der Waals surface area contributed by atoms with Crippen molar-refractivity contribution in [2.75, 3.05) is 49.1 Å². The molecule has 1 atom stereocenters. The molecule has 0 unspecified atom stereocenters. The lowest BCUT2D eigenvalue weighted by atomic mass is 10.1. The van der Waals surface area contributed by atoms with E-state index in [1.807, 2.05) is 5.32 Å². The largest absolute Gasteiger partial charge is 0.442 e. The maximum atomic E-state index is 15.1. The molecule has 12 heteroatoms. The summed E-state index contributed by atoms with van der Waals surface area (Å²) in [5.41, 5.74) is 1.23. The molecule has 2 saturated heterocycles. The van der Waals surface area contributed by atoms with Crippen LogP contribution < -0.4 is 15.1 Å². The minimum Gasteiger partial charge on any atom is -0.442 e. The van der Waals surface area contributed by atoms with Crippen LogP contribution in [0.25, 0.3) is 0 Å². The number of cyclic esters (lactones) is 1. The Labute approximate surface area is 194 Å². The van der Waals surface area contributed by atoms with Crippen LogP contribution in [0, 0.1) is 18.7 Å². The molecule has 3 aliphatic rings. The second-order valence-electron chi connectivity index (χ2n) is 8.72. The van der Waals surface area contributed by atoms with Crippen LogP contribution in [0.2, 0.25) is 0 Å². The zero-order chi connectivity index (χ0) is 24.4. The lowest BCUT2D eigenvalue weighted by molar-refractivity contribution is -0.182. The standard InChI is InChI=1S/C22H27F3N4O5/c1-13-8-18(27-4-5-29(33-7-6-27)19(30)9-14-2-3-14)16(23)10-17(13)28-12-15(34-22(28)32)11-26-21(31)20(24)25/h8,10,14-15,20H,2-7,9,11-12H2,1H3,(H,26,31)/t15-/m0/s1. The van der Waals surface area contributed by atoms with E-state index in [4.69, 9.17) is 9.57 Å². The monoisotopic (exact) mass is 484 g/mol. The van der Waals surface area contributed by atoms with Gasteiger partial charge in [0.25, 0.3) is 5.91 Å². The smallest absolute Gasteiger partial charge is 0.414 e. The predicted molar refractivity (Wildman–Crippen MR) is 115 cm³/mol. The molecule has 1 aromatic carbocycles. The van der Waals surface area contributed by atoms with Crippen molar-refractivity contribution >= 4 is 29.3 Å². The summed E-state index contributed by atoms with van der Waals surface area (Å²) in [6, 6.07) is 2.85. The van der Waals surface area contributed by atoms with Gasteiger partial charge >= 0.3 is 12.5 Å². The quantitative estimate of drug-likeness (QED) is 0.638. The fourth-order valence-corrected chi connectivity index (χ4v) is 4.06. The highest BCUT2D eigenvalue weighted by Crippen LogP contribution is 2.34. The van der Waals surface area contributed by atoms with Crippen molar-refractivity contribution in [3.63, 3.8) is 0 Å². The summed E-state index contributed by atoms with van der Waals surface area (Å²) in [5.74, 6) is -1.61. The minimum absolute atomic E-state index is 0.0163. The second kappa shape index (κ2) is 10.1. The van der Waals surface area contributed by atoms with E-state index in [9.17, 15) is 23.2 Å². The molecule has 34 heavy (non-hydrogen) atoms. The topological polar surface area (TPSA) is 91.4 Å². The first-order valence-electron chi connectivity index (χ1n) is 11.2. The fourth-order valence-electron chi connectivity index (χ4n) is 4.06. The van der Waals surface area contributed by atoms with Gasteiger partial charge in [0.05, 0.1) is 37.6 Å². The van der Waals surface area contributed by atoms with E-state index in [1.165, 1.54) is 16.0 Å². The molecular formula is C22H27F3N4O5. The number of anilines is 2. The molecule has 186 valence electrons. The van der Waals surface area contributed by atoms with Crippen molar-refractivity contribution in [1.29, 1.82) is 0 Å². The van der Waals surface area contributed by atoms with E-state index in [0.29, 0.717) is 48.9 Å². The first-order valence-corrected chi connectivity index (χ1v) is 11.2. The molecule has 1 N–H and O–H groups in total. The summed E-state index contributed by atoms with van der Waals surface area (Å²) in [7, 11) is 0. The summed E-state index contributed by atoms with van der Waals surface area (Å²) >= 11 is 0. The summed E-state index contributed by atoms with van der Waals surface area (Å²) < 4.78 is 44.9. The van der Waals surface area contributed by atoms with Gasteiger partial charge in [-0.15, -0.1) is 0 Å². The van der Waals surface area contributed by atoms with Gasteiger partial charge in [-0.1, -0.05) is 0 Å². The number of halogens is 3. The van der Waals surface area contributed by atoms with Gasteiger partial charge in [-0.25, -0.2) is 14.2 Å². The summed E-state index contributed by atoms with van der Waals surface area (Å²) in [5, 5.41) is 3.38. The first kappa shape index (κ1) is 24.1. The van der Waals surface area contributed by atoms with E-state index in [-0.39, 0.29) is 25.6 Å². The van der Waals surface area contributed by atoms with Gasteiger partial charge in [0.15, 0.2) is 0 Å². The number of hydrogen-bond acceptors (Lipinski definition) is 6. The number of rotatable bonds is 7. The van der Waals surface area contributed by atoms with Crippen LogP contribution in [0.1, 0.15) is 24.8 Å². The Morgan fingerprint density at radius 2 is 1.94 bits per heavy atom. The lowest BCUT2D eigenvalue weighted by Crippen LogP contribution is -2.37. The van der Waals surface area contributed by atoms with Crippen molar-refractivity contribution in [3.05, 3.63) is 23.5 Å². The molecule has 2 heterocycles. The average Bonchev–Trinajstić information content (AvgIpc) is 3.57. The number of carbonyl (C=O) groups excluding carboxylic acids is 3. The van der Waals surface area contributed by atoms with Crippen LogP contribution >= 0.6 is 0 Å². The van der Waals surface area contributed by atoms with E-state index >= 15 is 4.39 Å². The van der Waals surface area contributed by atoms with Crippen molar-refractivity contribution < 1.29 is 37.1 Å². The van der Waals surface area contributed by atoms with Crippen LogP contribution in [-0.2, 0) is 19.2 Å². The molecule has 9 nitrogen and oxygen atoms in total. The summed E-state index contributed by atoms with van der Waals surface area (Å²) in [6.45, 7) is 2.77. The molecule has 0 bridgehead atoms. The van der Waals surface area contributed by atoms with Gasteiger partial charge in [0.2, 0.25) is 5.91 Å². The third-order valence-corrected chi connectivity index (χ3v) is 6.09. The molecule has 0 spiro atoms. The number of nitrogens with one attached hydrogen (secondary N) is 1. The zero-order valence-electron chi connectivity index (χ0n) is 18.8. The van der Waals surface area contributed by atoms with Crippen LogP contribution in [0.15, 0.2) is 12.1 Å². The Bertz CT molecular complexity index is 959. The lowest BCUT2D eigenvalue weighted by Gasteiger charge is -2.25. The van der Waals surface area contributed by atoms with E-state index < -0.39 is 30.3 Å². The zero-order valence-corrected chi connectivity index (χ0v) is 18.8. The molecule has 1 saturated carbocycles. The number of amides is 3. The Kier molecular flexibility index (Phi) is 7.15. The SMILES string of the molecule is Cc1cc(N2CCON(C(=O)CC3CC3)CC2)c(F)cc1N1C[C@H](CNC(=O)C(F)F)OC1=O. The highest BCUT2D eigenvalue weighted by Gasteiger charge is 2.35. The third kappa shape index (κ3) is 5.54. The maximum absolute atomic E-state index is 15.1. The Morgan fingerprint density at radius 1 is 1.18 bits per heavy atom. The molecule has 1 aromatic rings. The van der Waals surface area contributed by atoms with Crippen molar-refractivity contribution in [3.8, 4) is 0 Å². The molecule has 0 radical (unpaired) electrons. The Morgan fingerprint density at radius 3 is 2.65 bits per heavy atom. The van der Waals surface area contributed by atoms with Crippen molar-refractivity contribution in [2.45, 2.75) is 38.7 Å². The highest BCUT2D eigenvalue weighted by molar-refractivity contribution is 5.91. The molecular weight excluding hydrogens is 457 g/mol. The maximum Gasteiger partial charge on any atom is 0.414 e. The number of carbonyl (C=O) groups is 3. The number of hydroxylamine groups is 2. The number of nitrogens with zero attached hydrogens (tertiary/aromatic N) is 3. The van der Waals surface area contributed by atoms with Crippen LogP contribution in [0.3, 0.4) is 0 Å². The van der Waals surface area contributed by atoms with Gasteiger partial charge in [-0.3, -0.25) is 19.3 Å². The fraction of sp³-hybridized carbons (Fsp3) is 0.591. The molecule has 4 rings (SSSR count). The number of benzene rings is 1. The van der Waals surface area contributed by atoms with E-state index in [0.717, 1.165) is 12.8 Å². The average molecular weight is 484 g/mol. The number of ether oxygens (including phenoxy) is 1. The first-order chi connectivity index (χ1) is 16.2. The van der Waals surface area contributed by atoms with Gasteiger partial charge in [-0.05, 0) is 37.3 Å². The highest BCUT2D eigenvalue weighted by atomic mass is 19.3. The van der Waals surface area contributed by atoms with E-state index in [2.05, 4.69) is 0 Å². The third-order valence-electron chi connectivity index (χ3n) is 6.09.